The van der Waals surface area contributed by atoms with Crippen LogP contribution in [0.1, 0.15) is 38.1 Å². The standard InChI is InChI=1S/C17H23NOS/c1-6-12-10-14(16(18)20-12)13-9-11(17(2,3)4)7-8-15(13)19-5/h7-10H,6,18H2,1-5H3. The Bertz CT molecular complexity index is 608. The lowest BCUT2D eigenvalue weighted by atomic mass is 9.85. The van der Waals surface area contributed by atoms with Crippen molar-refractivity contribution in [2.24, 2.45) is 0 Å². The molecule has 0 saturated heterocycles. The van der Waals surface area contributed by atoms with E-state index in [-0.39, 0.29) is 5.41 Å². The van der Waals surface area contributed by atoms with E-state index in [0.29, 0.717) is 0 Å². The number of thiophene rings is 1. The molecule has 2 nitrogen and oxygen atoms in total. The van der Waals surface area contributed by atoms with Crippen LogP contribution in [0.3, 0.4) is 0 Å². The van der Waals surface area contributed by atoms with Gasteiger partial charge in [-0.25, -0.2) is 0 Å². The monoisotopic (exact) mass is 289 g/mol. The number of rotatable bonds is 3. The summed E-state index contributed by atoms with van der Waals surface area (Å²) >= 11 is 1.66. The maximum Gasteiger partial charge on any atom is 0.126 e. The lowest BCUT2D eigenvalue weighted by Gasteiger charge is -2.21. The average molecular weight is 289 g/mol. The second kappa shape index (κ2) is 5.49. The van der Waals surface area contributed by atoms with Gasteiger partial charge in [0, 0.05) is 16.0 Å². The first-order valence-electron chi connectivity index (χ1n) is 6.94. The predicted molar refractivity (Wildman–Crippen MR) is 88.8 cm³/mol. The smallest absolute Gasteiger partial charge is 0.126 e. The summed E-state index contributed by atoms with van der Waals surface area (Å²) in [6, 6.07) is 8.56. The number of aryl methyl sites for hydroxylation is 1. The van der Waals surface area contributed by atoms with Crippen molar-refractivity contribution in [3.8, 4) is 16.9 Å². The molecule has 2 N–H and O–H groups in total. The van der Waals surface area contributed by atoms with E-state index in [1.807, 2.05) is 6.07 Å². The van der Waals surface area contributed by atoms with Crippen LogP contribution in [-0.2, 0) is 11.8 Å². The van der Waals surface area contributed by atoms with Gasteiger partial charge in [0.2, 0.25) is 0 Å². The quantitative estimate of drug-likeness (QED) is 0.875. The molecule has 0 bridgehead atoms. The maximum atomic E-state index is 6.19. The van der Waals surface area contributed by atoms with E-state index in [9.17, 15) is 0 Å². The summed E-state index contributed by atoms with van der Waals surface area (Å²) in [7, 11) is 1.71. The Hall–Kier alpha value is -1.48. The molecule has 0 fully saturated rings. The Balaban J connectivity index is 2.61. The van der Waals surface area contributed by atoms with Crippen LogP contribution in [0.2, 0.25) is 0 Å². The summed E-state index contributed by atoms with van der Waals surface area (Å²) in [5, 5.41) is 0.867. The summed E-state index contributed by atoms with van der Waals surface area (Å²) in [6.07, 6.45) is 1.01. The van der Waals surface area contributed by atoms with E-state index < -0.39 is 0 Å². The number of ether oxygens (including phenoxy) is 1. The van der Waals surface area contributed by atoms with Crippen molar-refractivity contribution in [2.45, 2.75) is 39.5 Å². The topological polar surface area (TPSA) is 35.2 Å². The number of methoxy groups -OCH3 is 1. The zero-order valence-electron chi connectivity index (χ0n) is 12.9. The second-order valence-electron chi connectivity index (χ2n) is 6.01. The Kier molecular flexibility index (Phi) is 4.09. The molecule has 0 unspecified atom stereocenters. The first-order valence-corrected chi connectivity index (χ1v) is 7.75. The van der Waals surface area contributed by atoms with E-state index in [1.165, 1.54) is 10.4 Å². The van der Waals surface area contributed by atoms with Crippen LogP contribution in [0.4, 0.5) is 5.00 Å². The summed E-state index contributed by atoms with van der Waals surface area (Å²) < 4.78 is 5.51. The largest absolute Gasteiger partial charge is 0.496 e. The van der Waals surface area contributed by atoms with Gasteiger partial charge in [-0.05, 0) is 35.6 Å². The molecule has 3 heteroatoms. The minimum Gasteiger partial charge on any atom is -0.496 e. The minimum absolute atomic E-state index is 0.111. The molecule has 2 rings (SSSR count). The first-order chi connectivity index (χ1) is 9.36. The molecular weight excluding hydrogens is 266 g/mol. The molecule has 0 aliphatic carbocycles. The molecule has 0 spiro atoms. The second-order valence-corrected chi connectivity index (χ2v) is 7.18. The van der Waals surface area contributed by atoms with Crippen LogP contribution in [-0.4, -0.2) is 7.11 Å². The van der Waals surface area contributed by atoms with Crippen LogP contribution in [0.15, 0.2) is 24.3 Å². The van der Waals surface area contributed by atoms with Crippen molar-refractivity contribution < 1.29 is 4.74 Å². The number of hydrogen-bond donors (Lipinski definition) is 1. The normalized spacial score (nSPS) is 11.7. The molecule has 20 heavy (non-hydrogen) atoms. The Labute approximate surface area is 125 Å². The third-order valence-electron chi connectivity index (χ3n) is 3.52. The molecule has 1 aromatic carbocycles. The highest BCUT2D eigenvalue weighted by molar-refractivity contribution is 7.16. The van der Waals surface area contributed by atoms with Gasteiger partial charge < -0.3 is 10.5 Å². The van der Waals surface area contributed by atoms with Gasteiger partial charge in [-0.2, -0.15) is 0 Å². The van der Waals surface area contributed by atoms with Gasteiger partial charge in [-0.1, -0.05) is 33.8 Å². The van der Waals surface area contributed by atoms with E-state index in [4.69, 9.17) is 10.5 Å². The molecule has 0 aliphatic heterocycles. The third kappa shape index (κ3) is 2.83. The van der Waals surface area contributed by atoms with Gasteiger partial charge >= 0.3 is 0 Å². The number of anilines is 1. The zero-order chi connectivity index (χ0) is 14.9. The van der Waals surface area contributed by atoms with Gasteiger partial charge in [-0.15, -0.1) is 11.3 Å². The first kappa shape index (κ1) is 14.9. The molecular formula is C17H23NOS. The fourth-order valence-corrected chi connectivity index (χ4v) is 3.11. The summed E-state index contributed by atoms with van der Waals surface area (Å²) in [6.45, 7) is 8.80. The van der Waals surface area contributed by atoms with Gasteiger partial charge in [0.1, 0.15) is 5.75 Å². The highest BCUT2D eigenvalue weighted by atomic mass is 32.1. The highest BCUT2D eigenvalue weighted by Gasteiger charge is 2.18. The third-order valence-corrected chi connectivity index (χ3v) is 4.62. The van der Waals surface area contributed by atoms with Crippen molar-refractivity contribution >= 4 is 16.3 Å². The fraction of sp³-hybridized carbons (Fsp3) is 0.412. The molecule has 0 amide bonds. The molecule has 1 aromatic heterocycles. The lowest BCUT2D eigenvalue weighted by Crippen LogP contribution is -2.11. The number of nitrogens with two attached hydrogens (primary N) is 1. The van der Waals surface area contributed by atoms with E-state index >= 15 is 0 Å². The van der Waals surface area contributed by atoms with Gasteiger partial charge in [0.25, 0.3) is 0 Å². The highest BCUT2D eigenvalue weighted by Crippen LogP contribution is 2.41. The van der Waals surface area contributed by atoms with Crippen molar-refractivity contribution in [1.82, 2.24) is 0 Å². The predicted octanol–water partition coefficient (Wildman–Crippen LogP) is 4.87. The minimum atomic E-state index is 0.111. The number of hydrogen-bond acceptors (Lipinski definition) is 3. The van der Waals surface area contributed by atoms with Gasteiger partial charge in [0.05, 0.1) is 12.1 Å². The molecule has 0 radical (unpaired) electrons. The van der Waals surface area contributed by atoms with Crippen molar-refractivity contribution in [3.05, 3.63) is 34.7 Å². The van der Waals surface area contributed by atoms with Crippen molar-refractivity contribution in [1.29, 1.82) is 0 Å². The fourth-order valence-electron chi connectivity index (χ4n) is 2.23. The van der Waals surface area contributed by atoms with E-state index in [2.05, 4.69) is 45.9 Å². The molecule has 108 valence electrons. The Morgan fingerprint density at radius 1 is 1.15 bits per heavy atom. The maximum absolute atomic E-state index is 6.19. The van der Waals surface area contributed by atoms with Crippen molar-refractivity contribution in [2.75, 3.05) is 12.8 Å². The van der Waals surface area contributed by atoms with Crippen molar-refractivity contribution in [3.63, 3.8) is 0 Å². The van der Waals surface area contributed by atoms with Crippen LogP contribution in [0.25, 0.3) is 11.1 Å². The molecule has 1 heterocycles. The SMILES string of the molecule is CCc1cc(-c2cc(C(C)(C)C)ccc2OC)c(N)s1. The van der Waals surface area contributed by atoms with E-state index in [0.717, 1.165) is 28.3 Å². The lowest BCUT2D eigenvalue weighted by molar-refractivity contribution is 0.416. The Morgan fingerprint density at radius 2 is 1.85 bits per heavy atom. The summed E-state index contributed by atoms with van der Waals surface area (Å²) in [5.41, 5.74) is 9.78. The van der Waals surface area contributed by atoms with E-state index in [1.54, 1.807) is 18.4 Å². The van der Waals surface area contributed by atoms with Crippen LogP contribution in [0, 0.1) is 0 Å². The number of benzene rings is 1. The van der Waals surface area contributed by atoms with Crippen LogP contribution in [0.5, 0.6) is 5.75 Å². The molecule has 0 aliphatic rings. The average Bonchev–Trinajstić information content (AvgIpc) is 2.78. The molecule has 2 aromatic rings. The van der Waals surface area contributed by atoms with Gasteiger partial charge in [0.15, 0.2) is 0 Å². The van der Waals surface area contributed by atoms with Crippen LogP contribution < -0.4 is 10.5 Å². The summed E-state index contributed by atoms with van der Waals surface area (Å²) in [5.74, 6) is 0.880. The summed E-state index contributed by atoms with van der Waals surface area (Å²) in [4.78, 5) is 1.31. The Morgan fingerprint density at radius 3 is 2.35 bits per heavy atom. The van der Waals surface area contributed by atoms with Gasteiger partial charge in [-0.3, -0.25) is 0 Å². The molecule has 0 atom stereocenters. The van der Waals surface area contributed by atoms with Crippen LogP contribution >= 0.6 is 11.3 Å². The zero-order valence-corrected chi connectivity index (χ0v) is 13.7. The number of nitrogen functional groups attached to an aromatic ring is 1. The molecule has 0 saturated carbocycles.